The van der Waals surface area contributed by atoms with Gasteiger partial charge in [0.2, 0.25) is 5.91 Å². The molecule has 1 unspecified atom stereocenters. The molecule has 2 aromatic rings. The van der Waals surface area contributed by atoms with Crippen molar-refractivity contribution in [2.75, 3.05) is 20.1 Å². The number of nitrogens with zero attached hydrogens (tertiary/aromatic N) is 1. The molecule has 0 fully saturated rings. The molecule has 2 rings (SSSR count). The molecule has 0 saturated carbocycles. The van der Waals surface area contributed by atoms with Crippen molar-refractivity contribution >= 4 is 27.5 Å². The Kier molecular flexibility index (Phi) is 4.50. The smallest absolute Gasteiger partial charge is 0.217 e. The molecule has 0 spiro atoms. The van der Waals surface area contributed by atoms with Gasteiger partial charge in [-0.05, 0) is 19.1 Å². The van der Waals surface area contributed by atoms with Crippen LogP contribution in [0.3, 0.4) is 0 Å². The summed E-state index contributed by atoms with van der Waals surface area (Å²) in [6.07, 6.45) is 0. The molecular formula is C14H20N3OS+. The van der Waals surface area contributed by atoms with Crippen molar-refractivity contribution in [3.63, 3.8) is 0 Å². The van der Waals surface area contributed by atoms with Crippen molar-refractivity contribution < 1.29 is 9.69 Å². The number of fused-ring (bicyclic) bond motifs is 1. The SMILES string of the molecule is CC(=O)NCC[NH+](C)[C@H](C)c1nc2ccccc2s1. The summed E-state index contributed by atoms with van der Waals surface area (Å²) in [5, 5.41) is 3.99. The van der Waals surface area contributed by atoms with Crippen LogP contribution in [-0.4, -0.2) is 31.0 Å². The number of aromatic nitrogens is 1. The third kappa shape index (κ3) is 3.52. The quantitative estimate of drug-likeness (QED) is 0.857. The molecule has 0 aliphatic carbocycles. The number of amides is 1. The predicted molar refractivity (Wildman–Crippen MR) is 78.5 cm³/mol. The fourth-order valence-corrected chi connectivity index (χ4v) is 3.05. The highest BCUT2D eigenvalue weighted by Crippen LogP contribution is 2.24. The highest BCUT2D eigenvalue weighted by atomic mass is 32.1. The van der Waals surface area contributed by atoms with Crippen LogP contribution in [0.2, 0.25) is 0 Å². The molecule has 0 aliphatic heterocycles. The maximum Gasteiger partial charge on any atom is 0.217 e. The minimum atomic E-state index is 0.0282. The average molecular weight is 278 g/mol. The van der Waals surface area contributed by atoms with Gasteiger partial charge in [-0.3, -0.25) is 4.79 Å². The minimum absolute atomic E-state index is 0.0282. The highest BCUT2D eigenvalue weighted by Gasteiger charge is 2.19. The lowest BCUT2D eigenvalue weighted by molar-refractivity contribution is -0.909. The van der Waals surface area contributed by atoms with Crippen molar-refractivity contribution in [3.8, 4) is 0 Å². The molecule has 0 saturated heterocycles. The van der Waals surface area contributed by atoms with Gasteiger partial charge >= 0.3 is 0 Å². The number of benzene rings is 1. The second-order valence-corrected chi connectivity index (χ2v) is 5.88. The number of likely N-dealkylation sites (N-methyl/N-ethyl adjacent to an activating group) is 1. The van der Waals surface area contributed by atoms with Crippen LogP contribution in [0.25, 0.3) is 10.2 Å². The summed E-state index contributed by atoms with van der Waals surface area (Å²) in [5.41, 5.74) is 1.07. The first-order valence-corrected chi connectivity index (χ1v) is 7.32. The number of carbonyl (C=O) groups is 1. The Morgan fingerprint density at radius 3 is 2.89 bits per heavy atom. The molecule has 102 valence electrons. The Hall–Kier alpha value is -1.46. The third-order valence-electron chi connectivity index (χ3n) is 3.31. The maximum absolute atomic E-state index is 10.9. The van der Waals surface area contributed by atoms with Crippen LogP contribution in [0.4, 0.5) is 0 Å². The van der Waals surface area contributed by atoms with Gasteiger partial charge in [-0.25, -0.2) is 4.98 Å². The van der Waals surface area contributed by atoms with Crippen LogP contribution in [0.5, 0.6) is 0 Å². The highest BCUT2D eigenvalue weighted by molar-refractivity contribution is 7.18. The summed E-state index contributed by atoms with van der Waals surface area (Å²) < 4.78 is 1.24. The number of nitrogens with one attached hydrogen (secondary N) is 2. The molecule has 0 aliphatic rings. The molecule has 1 amide bonds. The number of hydrogen-bond donors (Lipinski definition) is 2. The lowest BCUT2D eigenvalue weighted by atomic mass is 10.3. The molecule has 1 aromatic carbocycles. The van der Waals surface area contributed by atoms with Crippen molar-refractivity contribution in [2.24, 2.45) is 0 Å². The number of thiazole rings is 1. The minimum Gasteiger partial charge on any atom is -0.351 e. The predicted octanol–water partition coefficient (Wildman–Crippen LogP) is 1.01. The molecule has 1 aromatic heterocycles. The van der Waals surface area contributed by atoms with Gasteiger partial charge in [-0.1, -0.05) is 12.1 Å². The van der Waals surface area contributed by atoms with Gasteiger partial charge in [0.15, 0.2) is 5.01 Å². The van der Waals surface area contributed by atoms with Crippen molar-refractivity contribution in [2.45, 2.75) is 19.9 Å². The molecule has 4 nitrogen and oxygen atoms in total. The summed E-state index contributed by atoms with van der Waals surface area (Å²) in [7, 11) is 2.14. The van der Waals surface area contributed by atoms with Gasteiger partial charge in [0, 0.05) is 6.92 Å². The van der Waals surface area contributed by atoms with Gasteiger partial charge in [-0.15, -0.1) is 11.3 Å². The van der Waals surface area contributed by atoms with Crippen LogP contribution in [0.15, 0.2) is 24.3 Å². The van der Waals surface area contributed by atoms with E-state index >= 15 is 0 Å². The van der Waals surface area contributed by atoms with E-state index in [4.69, 9.17) is 0 Å². The molecule has 2 atom stereocenters. The summed E-state index contributed by atoms with van der Waals surface area (Å²) in [5.74, 6) is 0.0282. The van der Waals surface area contributed by atoms with Gasteiger partial charge in [0.05, 0.1) is 30.4 Å². The standard InChI is InChI=1S/C14H19N3OS/c1-10(17(3)9-8-15-11(2)18)14-16-12-6-4-5-7-13(12)19-14/h4-7,10H,8-9H2,1-3H3,(H,15,18)/p+1/t10-/m1/s1. The zero-order chi connectivity index (χ0) is 13.8. The summed E-state index contributed by atoms with van der Waals surface area (Å²) >= 11 is 1.75. The molecule has 0 radical (unpaired) electrons. The van der Waals surface area contributed by atoms with Gasteiger partial charge in [0.25, 0.3) is 0 Å². The van der Waals surface area contributed by atoms with Crippen molar-refractivity contribution in [1.29, 1.82) is 0 Å². The van der Waals surface area contributed by atoms with Crippen molar-refractivity contribution in [1.82, 2.24) is 10.3 Å². The fraction of sp³-hybridized carbons (Fsp3) is 0.429. The number of hydrogen-bond acceptors (Lipinski definition) is 3. The van der Waals surface area contributed by atoms with E-state index in [0.717, 1.165) is 17.1 Å². The lowest BCUT2D eigenvalue weighted by Crippen LogP contribution is -3.09. The lowest BCUT2D eigenvalue weighted by Gasteiger charge is -2.19. The van der Waals surface area contributed by atoms with E-state index in [2.05, 4.69) is 36.4 Å². The first kappa shape index (κ1) is 14.0. The van der Waals surface area contributed by atoms with Crippen LogP contribution in [0, 0.1) is 0 Å². The van der Waals surface area contributed by atoms with Crippen LogP contribution >= 0.6 is 11.3 Å². The first-order chi connectivity index (χ1) is 9.08. The zero-order valence-corrected chi connectivity index (χ0v) is 12.4. The molecule has 19 heavy (non-hydrogen) atoms. The summed E-state index contributed by atoms with van der Waals surface area (Å²) in [4.78, 5) is 16.9. The van der Waals surface area contributed by atoms with E-state index in [9.17, 15) is 4.79 Å². The Morgan fingerprint density at radius 1 is 1.47 bits per heavy atom. The van der Waals surface area contributed by atoms with Crippen LogP contribution in [0.1, 0.15) is 24.9 Å². The number of carbonyl (C=O) groups excluding carboxylic acids is 1. The van der Waals surface area contributed by atoms with E-state index in [1.807, 2.05) is 12.1 Å². The summed E-state index contributed by atoms with van der Waals surface area (Å²) in [6.45, 7) is 5.33. The van der Waals surface area contributed by atoms with Crippen molar-refractivity contribution in [3.05, 3.63) is 29.3 Å². The number of para-hydroxylation sites is 1. The average Bonchev–Trinajstić information content (AvgIpc) is 2.80. The Bertz CT molecular complexity index is 534. The second kappa shape index (κ2) is 6.12. The molecule has 0 bridgehead atoms. The molecule has 1 heterocycles. The van der Waals surface area contributed by atoms with E-state index in [1.165, 1.54) is 9.60 Å². The van der Waals surface area contributed by atoms with E-state index in [1.54, 1.807) is 18.3 Å². The first-order valence-electron chi connectivity index (χ1n) is 6.50. The number of quaternary nitrogens is 1. The van der Waals surface area contributed by atoms with Crippen LogP contribution in [-0.2, 0) is 4.79 Å². The largest absolute Gasteiger partial charge is 0.351 e. The van der Waals surface area contributed by atoms with E-state index in [-0.39, 0.29) is 5.91 Å². The number of rotatable bonds is 5. The Labute approximate surface area is 117 Å². The second-order valence-electron chi connectivity index (χ2n) is 4.82. The van der Waals surface area contributed by atoms with E-state index in [0.29, 0.717) is 12.6 Å². The Morgan fingerprint density at radius 2 is 2.21 bits per heavy atom. The third-order valence-corrected chi connectivity index (χ3v) is 4.53. The monoisotopic (exact) mass is 278 g/mol. The van der Waals surface area contributed by atoms with Gasteiger partial charge < -0.3 is 10.2 Å². The molecular weight excluding hydrogens is 258 g/mol. The fourth-order valence-electron chi connectivity index (χ4n) is 1.94. The Balaban J connectivity index is 2.01. The molecule has 2 N–H and O–H groups in total. The molecule has 5 heteroatoms. The maximum atomic E-state index is 10.9. The van der Waals surface area contributed by atoms with Crippen LogP contribution < -0.4 is 10.2 Å². The van der Waals surface area contributed by atoms with E-state index < -0.39 is 0 Å². The zero-order valence-electron chi connectivity index (χ0n) is 11.6. The van der Waals surface area contributed by atoms with Gasteiger partial charge in [-0.2, -0.15) is 0 Å². The normalized spacial score (nSPS) is 14.3. The summed E-state index contributed by atoms with van der Waals surface area (Å²) in [6, 6.07) is 8.56. The topological polar surface area (TPSA) is 46.4 Å². The van der Waals surface area contributed by atoms with Gasteiger partial charge in [0.1, 0.15) is 6.04 Å².